The van der Waals surface area contributed by atoms with Crippen LogP contribution in [0, 0.1) is 0 Å². The van der Waals surface area contributed by atoms with E-state index in [0.29, 0.717) is 12.5 Å². The second kappa shape index (κ2) is 6.08. The number of hydrogen-bond acceptors (Lipinski definition) is 3. The molecule has 88 valence electrons. The maximum Gasteiger partial charge on any atom is 0.222 e. The van der Waals surface area contributed by atoms with Gasteiger partial charge < -0.3 is 15.1 Å². The minimum atomic E-state index is 0.234. The van der Waals surface area contributed by atoms with Gasteiger partial charge in [0.25, 0.3) is 0 Å². The highest BCUT2D eigenvalue weighted by Gasteiger charge is 2.15. The zero-order valence-electron chi connectivity index (χ0n) is 10.1. The fourth-order valence-corrected chi connectivity index (χ4v) is 1.89. The highest BCUT2D eigenvalue weighted by Crippen LogP contribution is 2.02. The quantitative estimate of drug-likeness (QED) is 0.722. The van der Waals surface area contributed by atoms with Gasteiger partial charge in [-0.05, 0) is 19.9 Å². The third kappa shape index (κ3) is 4.62. The van der Waals surface area contributed by atoms with Crippen molar-refractivity contribution in [3.63, 3.8) is 0 Å². The number of hydrogen-bond donors (Lipinski definition) is 1. The van der Waals surface area contributed by atoms with Crippen LogP contribution in [0.1, 0.15) is 19.8 Å². The van der Waals surface area contributed by atoms with Crippen LogP contribution in [0.15, 0.2) is 0 Å². The van der Waals surface area contributed by atoms with Crippen molar-refractivity contribution in [1.29, 1.82) is 0 Å². The molecule has 0 unspecified atom stereocenters. The normalized spacial score (nSPS) is 22.7. The Bertz CT molecular complexity index is 206. The fourth-order valence-electron chi connectivity index (χ4n) is 1.89. The van der Waals surface area contributed by atoms with Crippen LogP contribution in [0.5, 0.6) is 0 Å². The van der Waals surface area contributed by atoms with E-state index in [1.807, 2.05) is 14.1 Å². The Morgan fingerprint density at radius 3 is 2.87 bits per heavy atom. The van der Waals surface area contributed by atoms with Gasteiger partial charge >= 0.3 is 0 Å². The number of amides is 1. The van der Waals surface area contributed by atoms with Gasteiger partial charge in [0.1, 0.15) is 0 Å². The highest BCUT2D eigenvalue weighted by molar-refractivity contribution is 5.75. The molecule has 0 bridgehead atoms. The topological polar surface area (TPSA) is 35.6 Å². The number of piperazine rings is 1. The second-order valence-electron chi connectivity index (χ2n) is 4.55. The van der Waals surface area contributed by atoms with E-state index in [2.05, 4.69) is 17.1 Å². The molecular formula is C11H23N3O. The largest absolute Gasteiger partial charge is 0.349 e. The third-order valence-electron chi connectivity index (χ3n) is 2.82. The molecule has 1 heterocycles. The highest BCUT2D eigenvalue weighted by atomic mass is 16.2. The maximum absolute atomic E-state index is 11.3. The summed E-state index contributed by atoms with van der Waals surface area (Å²) in [4.78, 5) is 15.4. The molecule has 0 aliphatic carbocycles. The van der Waals surface area contributed by atoms with Crippen LogP contribution in [0.3, 0.4) is 0 Å². The first-order valence-electron chi connectivity index (χ1n) is 5.75. The molecule has 4 heteroatoms. The second-order valence-corrected chi connectivity index (χ2v) is 4.55. The molecule has 0 aromatic heterocycles. The van der Waals surface area contributed by atoms with Crippen LogP contribution < -0.4 is 5.32 Å². The van der Waals surface area contributed by atoms with E-state index in [0.717, 1.165) is 32.6 Å². The van der Waals surface area contributed by atoms with Crippen molar-refractivity contribution in [2.75, 3.05) is 40.3 Å². The molecule has 0 aromatic carbocycles. The monoisotopic (exact) mass is 213 g/mol. The Kier molecular flexibility index (Phi) is 5.05. The van der Waals surface area contributed by atoms with Gasteiger partial charge in [0.2, 0.25) is 5.91 Å². The lowest BCUT2D eigenvalue weighted by atomic mass is 10.2. The molecule has 1 saturated heterocycles. The first-order chi connectivity index (χ1) is 7.09. The first kappa shape index (κ1) is 12.5. The van der Waals surface area contributed by atoms with E-state index in [4.69, 9.17) is 0 Å². The molecule has 1 N–H and O–H groups in total. The summed E-state index contributed by atoms with van der Waals surface area (Å²) in [6.45, 7) is 6.54. The lowest BCUT2D eigenvalue weighted by Crippen LogP contribution is -2.49. The number of nitrogens with zero attached hydrogens (tertiary/aromatic N) is 2. The molecule has 4 nitrogen and oxygen atoms in total. The number of rotatable bonds is 4. The van der Waals surface area contributed by atoms with Crippen LogP contribution in [0.25, 0.3) is 0 Å². The number of nitrogens with one attached hydrogen (secondary N) is 1. The molecule has 0 aromatic rings. The van der Waals surface area contributed by atoms with E-state index < -0.39 is 0 Å². The smallest absolute Gasteiger partial charge is 0.222 e. The summed E-state index contributed by atoms with van der Waals surface area (Å²) < 4.78 is 0. The van der Waals surface area contributed by atoms with Gasteiger partial charge in [-0.3, -0.25) is 4.79 Å². The summed E-state index contributed by atoms with van der Waals surface area (Å²) in [6.07, 6.45) is 1.65. The van der Waals surface area contributed by atoms with Gasteiger partial charge in [0.15, 0.2) is 0 Å². The molecular weight excluding hydrogens is 190 g/mol. The van der Waals surface area contributed by atoms with Crippen molar-refractivity contribution < 1.29 is 4.79 Å². The number of carbonyl (C=O) groups excluding carboxylic acids is 1. The van der Waals surface area contributed by atoms with E-state index in [1.165, 1.54) is 0 Å². The predicted molar refractivity (Wildman–Crippen MR) is 61.8 cm³/mol. The standard InChI is InChI=1S/C11H23N3O/c1-10-9-14(8-6-12-10)7-4-5-11(15)13(2)3/h10,12H,4-9H2,1-3H3/t10-/m0/s1. The van der Waals surface area contributed by atoms with Gasteiger partial charge in [0, 0.05) is 46.2 Å². The molecule has 0 spiro atoms. The zero-order valence-corrected chi connectivity index (χ0v) is 10.1. The zero-order chi connectivity index (χ0) is 11.3. The average molecular weight is 213 g/mol. The van der Waals surface area contributed by atoms with Crippen LogP contribution >= 0.6 is 0 Å². The molecule has 15 heavy (non-hydrogen) atoms. The maximum atomic E-state index is 11.3. The average Bonchev–Trinajstić information content (AvgIpc) is 2.17. The van der Waals surface area contributed by atoms with Crippen LogP contribution in [-0.2, 0) is 4.79 Å². The third-order valence-corrected chi connectivity index (χ3v) is 2.82. The molecule has 1 aliphatic heterocycles. The summed E-state index contributed by atoms with van der Waals surface area (Å²) in [5.74, 6) is 0.234. The van der Waals surface area contributed by atoms with E-state index >= 15 is 0 Å². The predicted octanol–water partition coefficient (Wildman–Crippen LogP) is 0.149. The van der Waals surface area contributed by atoms with Gasteiger partial charge in [0.05, 0.1) is 0 Å². The van der Waals surface area contributed by atoms with Crippen molar-refractivity contribution in [2.45, 2.75) is 25.8 Å². The van der Waals surface area contributed by atoms with Crippen LogP contribution in [0.2, 0.25) is 0 Å². The van der Waals surface area contributed by atoms with Crippen molar-refractivity contribution in [2.24, 2.45) is 0 Å². The van der Waals surface area contributed by atoms with Crippen molar-refractivity contribution in [1.82, 2.24) is 15.1 Å². The summed E-state index contributed by atoms with van der Waals surface area (Å²) in [5, 5.41) is 3.41. The van der Waals surface area contributed by atoms with Crippen molar-refractivity contribution in [3.8, 4) is 0 Å². The summed E-state index contributed by atoms with van der Waals surface area (Å²) in [6, 6.07) is 0.586. The van der Waals surface area contributed by atoms with Gasteiger partial charge in [-0.1, -0.05) is 0 Å². The lowest BCUT2D eigenvalue weighted by molar-refractivity contribution is -0.128. The van der Waals surface area contributed by atoms with Gasteiger partial charge in [-0.25, -0.2) is 0 Å². The molecule has 1 aliphatic rings. The van der Waals surface area contributed by atoms with E-state index in [9.17, 15) is 4.79 Å². The lowest BCUT2D eigenvalue weighted by Gasteiger charge is -2.31. The molecule has 1 atom stereocenters. The first-order valence-corrected chi connectivity index (χ1v) is 5.75. The van der Waals surface area contributed by atoms with Crippen LogP contribution in [0.4, 0.5) is 0 Å². The van der Waals surface area contributed by atoms with Crippen molar-refractivity contribution in [3.05, 3.63) is 0 Å². The number of carbonyl (C=O) groups is 1. The summed E-state index contributed by atoms with van der Waals surface area (Å²) >= 11 is 0. The summed E-state index contributed by atoms with van der Waals surface area (Å²) in [5.41, 5.74) is 0. The van der Waals surface area contributed by atoms with Crippen LogP contribution in [-0.4, -0.2) is 62.0 Å². The molecule has 1 fully saturated rings. The van der Waals surface area contributed by atoms with E-state index in [-0.39, 0.29) is 5.91 Å². The molecule has 1 amide bonds. The molecule has 1 rings (SSSR count). The Morgan fingerprint density at radius 2 is 2.27 bits per heavy atom. The minimum Gasteiger partial charge on any atom is -0.349 e. The Hall–Kier alpha value is -0.610. The SMILES string of the molecule is C[C@H]1CN(CCCC(=O)N(C)C)CCN1. The molecule has 0 saturated carbocycles. The Balaban J connectivity index is 2.11. The Morgan fingerprint density at radius 1 is 1.53 bits per heavy atom. The van der Waals surface area contributed by atoms with E-state index in [1.54, 1.807) is 4.90 Å². The molecule has 0 radical (unpaired) electrons. The minimum absolute atomic E-state index is 0.234. The van der Waals surface area contributed by atoms with Crippen molar-refractivity contribution >= 4 is 5.91 Å². The van der Waals surface area contributed by atoms with Gasteiger partial charge in [-0.2, -0.15) is 0 Å². The Labute approximate surface area is 92.6 Å². The van der Waals surface area contributed by atoms with Gasteiger partial charge in [-0.15, -0.1) is 0 Å². The fraction of sp³-hybridized carbons (Fsp3) is 0.909. The summed E-state index contributed by atoms with van der Waals surface area (Å²) in [7, 11) is 3.63.